The molecule has 0 unspecified atom stereocenters. The van der Waals surface area contributed by atoms with Crippen LogP contribution in [0, 0.1) is 24.2 Å². The van der Waals surface area contributed by atoms with E-state index in [0.717, 1.165) is 11.1 Å². The zero-order valence-electron chi connectivity index (χ0n) is 7.76. The molecule has 0 atom stereocenters. The first kappa shape index (κ1) is 9.73. The lowest BCUT2D eigenvalue weighted by Crippen LogP contribution is -1.97. The first-order valence-electron chi connectivity index (χ1n) is 4.08. The molecule has 0 fully saturated rings. The molecule has 0 heterocycles. The molecule has 0 aliphatic heterocycles. The summed E-state index contributed by atoms with van der Waals surface area (Å²) >= 11 is 0. The van der Waals surface area contributed by atoms with Gasteiger partial charge in [0.2, 0.25) is 0 Å². The molecule has 0 saturated heterocycles. The van der Waals surface area contributed by atoms with E-state index in [0.29, 0.717) is 11.5 Å². The third-order valence-electron chi connectivity index (χ3n) is 1.90. The Balaban J connectivity index is 3.10. The number of halogens is 1. The minimum atomic E-state index is -0.464. The van der Waals surface area contributed by atoms with Gasteiger partial charge in [0.25, 0.3) is 0 Å². The molecule has 0 aliphatic rings. The van der Waals surface area contributed by atoms with E-state index in [4.69, 9.17) is 5.26 Å². The third kappa shape index (κ3) is 2.29. The van der Waals surface area contributed by atoms with E-state index in [1.807, 2.05) is 13.0 Å². The van der Waals surface area contributed by atoms with Gasteiger partial charge >= 0.3 is 0 Å². The molecule has 0 aromatic heterocycles. The lowest BCUT2D eigenvalue weighted by molar-refractivity contribution is 0.516. The zero-order valence-corrected chi connectivity index (χ0v) is 7.76. The van der Waals surface area contributed by atoms with E-state index in [1.54, 1.807) is 19.1 Å². The van der Waals surface area contributed by atoms with Crippen LogP contribution in [0.3, 0.4) is 0 Å². The lowest BCUT2D eigenvalue weighted by Gasteiger charge is -2.07. The molecule has 0 aliphatic carbocycles. The smallest absolute Gasteiger partial charge is 0.0997 e. The van der Waals surface area contributed by atoms with Gasteiger partial charge in [0, 0.05) is 5.92 Å². The first-order chi connectivity index (χ1) is 6.17. The summed E-state index contributed by atoms with van der Waals surface area (Å²) in [4.78, 5) is 0. The van der Waals surface area contributed by atoms with Crippen LogP contribution in [0.2, 0.25) is 0 Å². The van der Waals surface area contributed by atoms with Gasteiger partial charge in [-0.3, -0.25) is 4.39 Å². The Kier molecular flexibility index (Phi) is 3.02. The second-order valence-corrected chi connectivity index (χ2v) is 3.11. The maximum atomic E-state index is 12.3. The van der Waals surface area contributed by atoms with Crippen molar-refractivity contribution in [1.29, 1.82) is 5.26 Å². The summed E-state index contributed by atoms with van der Waals surface area (Å²) in [7, 11) is 0. The maximum Gasteiger partial charge on any atom is 0.0997 e. The Morgan fingerprint density at radius 3 is 2.69 bits per heavy atom. The molecule has 0 saturated carbocycles. The molecular weight excluding hydrogens is 165 g/mol. The van der Waals surface area contributed by atoms with E-state index in [1.165, 1.54) is 0 Å². The summed E-state index contributed by atoms with van der Waals surface area (Å²) in [6.45, 7) is 3.17. The second-order valence-electron chi connectivity index (χ2n) is 3.11. The van der Waals surface area contributed by atoms with Crippen LogP contribution in [-0.4, -0.2) is 6.67 Å². The fourth-order valence-electron chi connectivity index (χ4n) is 1.17. The quantitative estimate of drug-likeness (QED) is 0.679. The largest absolute Gasteiger partial charge is 0.250 e. The lowest BCUT2D eigenvalue weighted by atomic mass is 9.98. The summed E-state index contributed by atoms with van der Waals surface area (Å²) in [5.41, 5.74) is 2.39. The number of alkyl halides is 1. The van der Waals surface area contributed by atoms with Crippen molar-refractivity contribution in [2.24, 2.45) is 0 Å². The highest BCUT2D eigenvalue weighted by molar-refractivity contribution is 5.42. The van der Waals surface area contributed by atoms with E-state index in [2.05, 4.69) is 6.07 Å². The van der Waals surface area contributed by atoms with Crippen LogP contribution in [0.1, 0.15) is 23.6 Å². The zero-order chi connectivity index (χ0) is 9.84. The first-order valence-corrected chi connectivity index (χ1v) is 4.08. The molecule has 1 rings (SSSR count). The molecule has 1 radical (unpaired) electrons. The fourth-order valence-corrected chi connectivity index (χ4v) is 1.17. The highest BCUT2D eigenvalue weighted by atomic mass is 19.1. The van der Waals surface area contributed by atoms with Crippen LogP contribution in [0.5, 0.6) is 0 Å². The van der Waals surface area contributed by atoms with Gasteiger partial charge in [-0.25, -0.2) is 0 Å². The minimum absolute atomic E-state index is 0.464. The van der Waals surface area contributed by atoms with Crippen molar-refractivity contribution in [3.05, 3.63) is 40.8 Å². The van der Waals surface area contributed by atoms with Crippen molar-refractivity contribution in [3.8, 4) is 6.07 Å². The van der Waals surface area contributed by atoms with Crippen molar-refractivity contribution < 1.29 is 4.39 Å². The number of hydrogen-bond acceptors (Lipinski definition) is 1. The molecule has 0 spiro atoms. The summed E-state index contributed by atoms with van der Waals surface area (Å²) in [5, 5.41) is 8.69. The van der Waals surface area contributed by atoms with E-state index < -0.39 is 6.67 Å². The SMILES string of the molecule is C[C](CF)c1cc(C)cc(C#N)c1. The highest BCUT2D eigenvalue weighted by Crippen LogP contribution is 2.17. The van der Waals surface area contributed by atoms with Crippen molar-refractivity contribution in [2.75, 3.05) is 6.67 Å². The number of nitriles is 1. The van der Waals surface area contributed by atoms with Crippen molar-refractivity contribution in [1.82, 2.24) is 0 Å². The number of nitrogens with zero attached hydrogens (tertiary/aromatic N) is 1. The van der Waals surface area contributed by atoms with Gasteiger partial charge in [-0.05, 0) is 30.2 Å². The molecule has 0 N–H and O–H groups in total. The fraction of sp³-hybridized carbons (Fsp3) is 0.273. The minimum Gasteiger partial charge on any atom is -0.250 e. The molecule has 0 amide bonds. The monoisotopic (exact) mass is 176 g/mol. The van der Waals surface area contributed by atoms with Gasteiger partial charge in [0.15, 0.2) is 0 Å². The van der Waals surface area contributed by atoms with E-state index >= 15 is 0 Å². The predicted molar refractivity (Wildman–Crippen MR) is 49.9 cm³/mol. The van der Waals surface area contributed by atoms with Crippen LogP contribution >= 0.6 is 0 Å². The molecule has 0 bridgehead atoms. The average molecular weight is 176 g/mol. The van der Waals surface area contributed by atoms with Crippen molar-refractivity contribution in [2.45, 2.75) is 13.8 Å². The molecule has 13 heavy (non-hydrogen) atoms. The van der Waals surface area contributed by atoms with Crippen LogP contribution in [0.15, 0.2) is 18.2 Å². The van der Waals surface area contributed by atoms with Gasteiger partial charge in [-0.1, -0.05) is 13.0 Å². The van der Waals surface area contributed by atoms with Crippen LogP contribution < -0.4 is 0 Å². The average Bonchev–Trinajstić information content (AvgIpc) is 2.15. The van der Waals surface area contributed by atoms with Crippen molar-refractivity contribution in [3.63, 3.8) is 0 Å². The number of aryl methyl sites for hydroxylation is 1. The highest BCUT2D eigenvalue weighted by Gasteiger charge is 2.06. The third-order valence-corrected chi connectivity index (χ3v) is 1.90. The molecule has 1 nitrogen and oxygen atoms in total. The topological polar surface area (TPSA) is 23.8 Å². The number of benzene rings is 1. The molecule has 1 aromatic rings. The normalized spacial score (nSPS) is 10.1. The van der Waals surface area contributed by atoms with Gasteiger partial charge in [0.05, 0.1) is 18.3 Å². The molecule has 1 aromatic carbocycles. The number of rotatable bonds is 2. The summed E-state index contributed by atoms with van der Waals surface area (Å²) in [6, 6.07) is 7.43. The standard InChI is InChI=1S/C11H11FN/c1-8-3-10(7-13)5-11(4-8)9(2)6-12/h3-5H,6H2,1-2H3. The van der Waals surface area contributed by atoms with Crippen LogP contribution in [0.4, 0.5) is 4.39 Å². The van der Waals surface area contributed by atoms with Crippen LogP contribution in [-0.2, 0) is 0 Å². The second kappa shape index (κ2) is 4.04. The summed E-state index contributed by atoms with van der Waals surface area (Å²) in [6.07, 6.45) is 0. The summed E-state index contributed by atoms with van der Waals surface area (Å²) < 4.78 is 12.3. The van der Waals surface area contributed by atoms with Gasteiger partial charge in [-0.15, -0.1) is 0 Å². The van der Waals surface area contributed by atoms with Crippen molar-refractivity contribution >= 4 is 0 Å². The van der Waals surface area contributed by atoms with E-state index in [-0.39, 0.29) is 0 Å². The Morgan fingerprint density at radius 1 is 1.46 bits per heavy atom. The Bertz CT molecular complexity index is 338. The molecular formula is C11H11FN. The Hall–Kier alpha value is -1.36. The predicted octanol–water partition coefficient (Wildman–Crippen LogP) is 2.78. The van der Waals surface area contributed by atoms with Gasteiger partial charge in [0.1, 0.15) is 0 Å². The van der Waals surface area contributed by atoms with E-state index in [9.17, 15) is 4.39 Å². The summed E-state index contributed by atoms with van der Waals surface area (Å²) in [5.74, 6) is 0.667. The Morgan fingerprint density at radius 2 is 2.15 bits per heavy atom. The van der Waals surface area contributed by atoms with Gasteiger partial charge < -0.3 is 0 Å². The number of hydrogen-bond donors (Lipinski definition) is 0. The molecule has 67 valence electrons. The van der Waals surface area contributed by atoms with Crippen LogP contribution in [0.25, 0.3) is 0 Å². The maximum absolute atomic E-state index is 12.3. The Labute approximate surface area is 77.8 Å². The molecule has 2 heteroatoms. The van der Waals surface area contributed by atoms with Gasteiger partial charge in [-0.2, -0.15) is 5.26 Å².